The smallest absolute Gasteiger partial charge is 0.344 e. The van der Waals surface area contributed by atoms with E-state index in [0.717, 1.165) is 5.56 Å². The standard InChI is InChI=1S/C20H20O6/c1-13(20(22)23)26-16-7-5-15(6-8-16)19(21)9-4-14-10-17(24-2)12-18(11-14)25-3/h4-13H,1-3H3,(H,22,23)/b9-4+. The fourth-order valence-corrected chi connectivity index (χ4v) is 2.15. The van der Waals surface area contributed by atoms with Crippen LogP contribution in [0.15, 0.2) is 48.5 Å². The molecule has 0 bridgehead atoms. The molecule has 0 fully saturated rings. The second-order valence-corrected chi connectivity index (χ2v) is 5.47. The van der Waals surface area contributed by atoms with Crippen LogP contribution in [0.25, 0.3) is 6.08 Å². The van der Waals surface area contributed by atoms with Gasteiger partial charge in [-0.1, -0.05) is 6.08 Å². The Balaban J connectivity index is 2.10. The lowest BCUT2D eigenvalue weighted by atomic mass is 10.1. The second-order valence-electron chi connectivity index (χ2n) is 5.47. The van der Waals surface area contributed by atoms with Crippen LogP contribution in [0.4, 0.5) is 0 Å². The van der Waals surface area contributed by atoms with Gasteiger partial charge < -0.3 is 19.3 Å². The summed E-state index contributed by atoms with van der Waals surface area (Å²) in [7, 11) is 3.12. The van der Waals surface area contributed by atoms with Crippen LogP contribution in [-0.2, 0) is 4.79 Å². The average Bonchev–Trinajstić information content (AvgIpc) is 2.66. The first-order valence-electron chi connectivity index (χ1n) is 7.88. The number of carbonyl (C=O) groups is 2. The molecule has 6 heteroatoms. The number of carboxylic acids is 1. The molecule has 0 amide bonds. The van der Waals surface area contributed by atoms with Gasteiger partial charge in [0.25, 0.3) is 0 Å². The molecule has 2 aromatic rings. The maximum atomic E-state index is 12.3. The molecule has 2 aromatic carbocycles. The maximum Gasteiger partial charge on any atom is 0.344 e. The van der Waals surface area contributed by atoms with Crippen LogP contribution in [0.1, 0.15) is 22.8 Å². The molecule has 26 heavy (non-hydrogen) atoms. The van der Waals surface area contributed by atoms with Crippen LogP contribution in [0.3, 0.4) is 0 Å². The Morgan fingerprint density at radius 1 is 0.962 bits per heavy atom. The summed E-state index contributed by atoms with van der Waals surface area (Å²) in [6, 6.07) is 11.6. The van der Waals surface area contributed by atoms with E-state index >= 15 is 0 Å². The van der Waals surface area contributed by atoms with E-state index in [1.165, 1.54) is 13.0 Å². The number of hydrogen-bond acceptors (Lipinski definition) is 5. The van der Waals surface area contributed by atoms with E-state index in [9.17, 15) is 9.59 Å². The number of hydrogen-bond donors (Lipinski definition) is 1. The number of methoxy groups -OCH3 is 2. The summed E-state index contributed by atoms with van der Waals surface area (Å²) in [6.45, 7) is 1.44. The number of aliphatic carboxylic acids is 1. The molecule has 0 heterocycles. The third-order valence-corrected chi connectivity index (χ3v) is 3.60. The van der Waals surface area contributed by atoms with Crippen molar-refractivity contribution >= 4 is 17.8 Å². The van der Waals surface area contributed by atoms with E-state index in [4.69, 9.17) is 19.3 Å². The predicted octanol–water partition coefficient (Wildman–Crippen LogP) is 3.45. The monoisotopic (exact) mass is 356 g/mol. The molecule has 136 valence electrons. The zero-order chi connectivity index (χ0) is 19.1. The molecule has 0 aliphatic carbocycles. The van der Waals surface area contributed by atoms with Crippen molar-refractivity contribution < 1.29 is 28.9 Å². The molecule has 0 aliphatic rings. The number of rotatable bonds is 8. The number of carbonyl (C=O) groups excluding carboxylic acids is 1. The van der Waals surface area contributed by atoms with Crippen LogP contribution < -0.4 is 14.2 Å². The highest BCUT2D eigenvalue weighted by atomic mass is 16.5. The van der Waals surface area contributed by atoms with Crippen molar-refractivity contribution in [1.82, 2.24) is 0 Å². The maximum absolute atomic E-state index is 12.3. The summed E-state index contributed by atoms with van der Waals surface area (Å²) >= 11 is 0. The fraction of sp³-hybridized carbons (Fsp3) is 0.200. The summed E-state index contributed by atoms with van der Waals surface area (Å²) in [5.74, 6) is 0.403. The molecule has 1 atom stereocenters. The third-order valence-electron chi connectivity index (χ3n) is 3.60. The minimum absolute atomic E-state index is 0.190. The summed E-state index contributed by atoms with van der Waals surface area (Å²) in [4.78, 5) is 23.1. The van der Waals surface area contributed by atoms with Gasteiger partial charge in [-0.15, -0.1) is 0 Å². The highest BCUT2D eigenvalue weighted by molar-refractivity contribution is 6.06. The zero-order valence-corrected chi connectivity index (χ0v) is 14.8. The lowest BCUT2D eigenvalue weighted by Gasteiger charge is -2.10. The van der Waals surface area contributed by atoms with Gasteiger partial charge in [-0.25, -0.2) is 4.79 Å². The Hall–Kier alpha value is -3.28. The first kappa shape index (κ1) is 19.1. The van der Waals surface area contributed by atoms with Gasteiger partial charge in [-0.3, -0.25) is 4.79 Å². The van der Waals surface area contributed by atoms with E-state index in [2.05, 4.69) is 0 Å². The fourth-order valence-electron chi connectivity index (χ4n) is 2.15. The zero-order valence-electron chi connectivity index (χ0n) is 14.8. The summed E-state index contributed by atoms with van der Waals surface area (Å²) < 4.78 is 15.6. The molecule has 6 nitrogen and oxygen atoms in total. The molecule has 1 unspecified atom stereocenters. The molecular weight excluding hydrogens is 336 g/mol. The van der Waals surface area contributed by atoms with Crippen molar-refractivity contribution in [3.05, 3.63) is 59.7 Å². The van der Waals surface area contributed by atoms with Crippen molar-refractivity contribution in [2.75, 3.05) is 14.2 Å². The van der Waals surface area contributed by atoms with Crippen molar-refractivity contribution in [3.63, 3.8) is 0 Å². The van der Waals surface area contributed by atoms with Gasteiger partial charge >= 0.3 is 5.97 Å². The minimum Gasteiger partial charge on any atom is -0.497 e. The highest BCUT2D eigenvalue weighted by Gasteiger charge is 2.12. The van der Waals surface area contributed by atoms with Crippen molar-refractivity contribution in [2.24, 2.45) is 0 Å². The van der Waals surface area contributed by atoms with E-state index < -0.39 is 12.1 Å². The molecular formula is C20H20O6. The van der Waals surface area contributed by atoms with E-state index in [0.29, 0.717) is 22.8 Å². The molecule has 0 radical (unpaired) electrons. The molecule has 0 saturated heterocycles. The van der Waals surface area contributed by atoms with Gasteiger partial charge in [0, 0.05) is 11.6 Å². The van der Waals surface area contributed by atoms with Gasteiger partial charge in [0.05, 0.1) is 14.2 Å². The van der Waals surface area contributed by atoms with Crippen molar-refractivity contribution in [3.8, 4) is 17.2 Å². The van der Waals surface area contributed by atoms with Crippen LogP contribution in [0, 0.1) is 0 Å². The van der Waals surface area contributed by atoms with Crippen LogP contribution in [0.5, 0.6) is 17.2 Å². The Morgan fingerprint density at radius 3 is 2.04 bits per heavy atom. The topological polar surface area (TPSA) is 82.1 Å². The number of ketones is 1. The average molecular weight is 356 g/mol. The normalized spacial score (nSPS) is 11.8. The molecule has 0 aromatic heterocycles. The van der Waals surface area contributed by atoms with Crippen molar-refractivity contribution in [2.45, 2.75) is 13.0 Å². The summed E-state index contributed by atoms with van der Waals surface area (Å²) in [6.07, 6.45) is 2.16. The second kappa shape index (κ2) is 8.71. The minimum atomic E-state index is -1.05. The van der Waals surface area contributed by atoms with Crippen LogP contribution >= 0.6 is 0 Å². The van der Waals surface area contributed by atoms with Gasteiger partial charge in [-0.2, -0.15) is 0 Å². The Morgan fingerprint density at radius 2 is 1.54 bits per heavy atom. The lowest BCUT2D eigenvalue weighted by Crippen LogP contribution is -2.22. The van der Waals surface area contributed by atoms with Crippen LogP contribution in [-0.4, -0.2) is 37.2 Å². The Bertz CT molecular complexity index is 785. The Labute approximate surface area is 151 Å². The number of benzene rings is 2. The molecule has 0 aliphatic heterocycles. The number of carboxylic acid groups (broad SMARTS) is 1. The molecule has 2 rings (SSSR count). The van der Waals surface area contributed by atoms with Gasteiger partial charge in [0.2, 0.25) is 0 Å². The van der Waals surface area contributed by atoms with Crippen molar-refractivity contribution in [1.29, 1.82) is 0 Å². The molecule has 1 N–H and O–H groups in total. The highest BCUT2D eigenvalue weighted by Crippen LogP contribution is 2.23. The quantitative estimate of drug-likeness (QED) is 0.576. The first-order chi connectivity index (χ1) is 12.4. The lowest BCUT2D eigenvalue weighted by molar-refractivity contribution is -0.144. The molecule has 0 saturated carbocycles. The Kier molecular flexibility index (Phi) is 6.38. The number of allylic oxidation sites excluding steroid dienone is 1. The van der Waals surface area contributed by atoms with E-state index in [-0.39, 0.29) is 5.78 Å². The predicted molar refractivity (Wildman–Crippen MR) is 97.1 cm³/mol. The van der Waals surface area contributed by atoms with E-state index in [1.807, 2.05) is 0 Å². The first-order valence-corrected chi connectivity index (χ1v) is 7.88. The van der Waals surface area contributed by atoms with Gasteiger partial charge in [-0.05, 0) is 55.0 Å². The summed E-state index contributed by atoms with van der Waals surface area (Å²) in [5.41, 5.74) is 1.23. The largest absolute Gasteiger partial charge is 0.497 e. The third kappa shape index (κ3) is 5.11. The van der Waals surface area contributed by atoms with E-state index in [1.54, 1.807) is 62.8 Å². The molecule has 0 spiro atoms. The van der Waals surface area contributed by atoms with Crippen LogP contribution in [0.2, 0.25) is 0 Å². The SMILES string of the molecule is COc1cc(/C=C/C(=O)c2ccc(OC(C)C(=O)O)cc2)cc(OC)c1. The summed E-state index contributed by atoms with van der Waals surface area (Å²) in [5, 5.41) is 8.83. The van der Waals surface area contributed by atoms with Gasteiger partial charge in [0.15, 0.2) is 11.9 Å². The number of ether oxygens (including phenoxy) is 3. The van der Waals surface area contributed by atoms with Gasteiger partial charge in [0.1, 0.15) is 17.2 Å².